The highest BCUT2D eigenvalue weighted by atomic mass is 35.5. The normalized spacial score (nSPS) is 8.73. The van der Waals surface area contributed by atoms with E-state index in [-0.39, 0.29) is 16.3 Å². The zero-order chi connectivity index (χ0) is 11.3. The third-order valence-corrected chi connectivity index (χ3v) is 1.92. The minimum Gasteiger partial charge on any atom is -0.365 e. The molecule has 0 atom stereocenters. The van der Waals surface area contributed by atoms with Crippen LogP contribution in [0.4, 0.5) is 5.82 Å². The van der Waals surface area contributed by atoms with Crippen LogP contribution in [0.15, 0.2) is 18.7 Å². The van der Waals surface area contributed by atoms with Crippen LogP contribution in [0, 0.1) is 22.7 Å². The van der Waals surface area contributed by atoms with Gasteiger partial charge in [0.05, 0.1) is 11.1 Å². The second-order valence-corrected chi connectivity index (χ2v) is 2.97. The summed E-state index contributed by atoms with van der Waals surface area (Å²) in [6.45, 7) is 4.00. The fourth-order valence-corrected chi connectivity index (χ4v) is 1.14. The quantitative estimate of drug-likeness (QED) is 0.623. The van der Waals surface area contributed by atoms with Gasteiger partial charge in [0.1, 0.15) is 23.1 Å². The Morgan fingerprint density at radius 3 is 2.67 bits per heavy atom. The van der Waals surface area contributed by atoms with Crippen LogP contribution in [-0.2, 0) is 0 Å². The number of rotatable bonds is 3. The molecular formula is C10H7ClN4. The molecule has 5 heteroatoms. The summed E-state index contributed by atoms with van der Waals surface area (Å²) in [6, 6.07) is 5.20. The molecule has 0 bridgehead atoms. The minimum atomic E-state index is 0.0862. The number of nitriles is 2. The molecule has 0 saturated heterocycles. The molecule has 1 N–H and O–H groups in total. The summed E-state index contributed by atoms with van der Waals surface area (Å²) in [5, 5.41) is 20.5. The van der Waals surface area contributed by atoms with E-state index in [4.69, 9.17) is 22.1 Å². The zero-order valence-corrected chi connectivity index (χ0v) is 8.54. The van der Waals surface area contributed by atoms with Crippen LogP contribution in [0.5, 0.6) is 0 Å². The van der Waals surface area contributed by atoms with Crippen molar-refractivity contribution < 1.29 is 0 Å². The van der Waals surface area contributed by atoms with E-state index >= 15 is 0 Å². The largest absolute Gasteiger partial charge is 0.365 e. The summed E-state index contributed by atoms with van der Waals surface area (Å²) in [7, 11) is 0. The van der Waals surface area contributed by atoms with Gasteiger partial charge in [0.15, 0.2) is 0 Å². The number of nitrogens with zero attached hydrogens (tertiary/aromatic N) is 3. The number of nitrogens with one attached hydrogen (secondary N) is 1. The van der Waals surface area contributed by atoms with Crippen molar-refractivity contribution in [1.82, 2.24) is 4.98 Å². The first-order chi connectivity index (χ1) is 7.22. The van der Waals surface area contributed by atoms with Gasteiger partial charge < -0.3 is 5.32 Å². The van der Waals surface area contributed by atoms with Gasteiger partial charge in [0, 0.05) is 6.54 Å². The molecule has 0 amide bonds. The Morgan fingerprint density at radius 1 is 1.47 bits per heavy atom. The highest BCUT2D eigenvalue weighted by molar-refractivity contribution is 6.30. The number of pyridine rings is 1. The molecule has 1 rings (SSSR count). The van der Waals surface area contributed by atoms with Crippen molar-refractivity contribution in [3.05, 3.63) is 35.0 Å². The highest BCUT2D eigenvalue weighted by Crippen LogP contribution is 2.20. The number of hydrogen-bond donors (Lipinski definition) is 1. The molecule has 0 aliphatic rings. The third kappa shape index (κ3) is 2.46. The smallest absolute Gasteiger partial charge is 0.149 e. The summed E-state index contributed by atoms with van der Waals surface area (Å²) < 4.78 is 0. The van der Waals surface area contributed by atoms with Crippen LogP contribution in [0.25, 0.3) is 0 Å². The molecule has 74 valence electrons. The minimum absolute atomic E-state index is 0.0862. The Hall–Kier alpha value is -2.04. The maximum Gasteiger partial charge on any atom is 0.149 e. The van der Waals surface area contributed by atoms with Gasteiger partial charge in [-0.2, -0.15) is 10.5 Å². The van der Waals surface area contributed by atoms with Crippen LogP contribution in [-0.4, -0.2) is 11.5 Å². The molecule has 15 heavy (non-hydrogen) atoms. The van der Waals surface area contributed by atoms with Crippen molar-refractivity contribution in [2.24, 2.45) is 0 Å². The van der Waals surface area contributed by atoms with Crippen LogP contribution >= 0.6 is 11.6 Å². The lowest BCUT2D eigenvalue weighted by atomic mass is 10.2. The number of aromatic nitrogens is 1. The van der Waals surface area contributed by atoms with E-state index in [0.717, 1.165) is 0 Å². The summed E-state index contributed by atoms with van der Waals surface area (Å²) in [6.07, 6.45) is 1.63. The number of hydrogen-bond acceptors (Lipinski definition) is 4. The maximum absolute atomic E-state index is 8.82. The van der Waals surface area contributed by atoms with Crippen molar-refractivity contribution in [2.45, 2.75) is 0 Å². The monoisotopic (exact) mass is 218 g/mol. The first-order valence-electron chi connectivity index (χ1n) is 4.08. The van der Waals surface area contributed by atoms with Gasteiger partial charge in [-0.1, -0.05) is 17.7 Å². The molecule has 1 heterocycles. The fourth-order valence-electron chi connectivity index (χ4n) is 0.958. The molecule has 1 aromatic heterocycles. The van der Waals surface area contributed by atoms with Crippen molar-refractivity contribution >= 4 is 17.4 Å². The molecule has 0 radical (unpaired) electrons. The van der Waals surface area contributed by atoms with Gasteiger partial charge in [0.25, 0.3) is 0 Å². The Labute approximate surface area is 92.4 Å². The van der Waals surface area contributed by atoms with Gasteiger partial charge in [-0.05, 0) is 6.07 Å². The Balaban J connectivity index is 3.18. The van der Waals surface area contributed by atoms with E-state index in [9.17, 15) is 0 Å². The van der Waals surface area contributed by atoms with Gasteiger partial charge in [-0.25, -0.2) is 4.98 Å². The van der Waals surface area contributed by atoms with E-state index in [1.165, 1.54) is 6.07 Å². The van der Waals surface area contributed by atoms with Crippen LogP contribution in [0.2, 0.25) is 5.15 Å². The third-order valence-electron chi connectivity index (χ3n) is 1.63. The molecule has 4 nitrogen and oxygen atoms in total. The summed E-state index contributed by atoms with van der Waals surface area (Å²) in [4.78, 5) is 3.91. The number of halogens is 1. The zero-order valence-electron chi connectivity index (χ0n) is 7.79. The lowest BCUT2D eigenvalue weighted by Crippen LogP contribution is -2.03. The Morgan fingerprint density at radius 2 is 2.13 bits per heavy atom. The lowest BCUT2D eigenvalue weighted by molar-refractivity contribution is 1.20. The standard InChI is InChI=1S/C10H7ClN4/c1-2-3-14-10-8(6-13)4-7(5-12)9(11)15-10/h2,4H,1,3H2,(H,14,15). The van der Waals surface area contributed by atoms with Gasteiger partial charge in [-0.3, -0.25) is 0 Å². The van der Waals surface area contributed by atoms with Gasteiger partial charge in [0.2, 0.25) is 0 Å². The lowest BCUT2D eigenvalue weighted by Gasteiger charge is -2.05. The second-order valence-electron chi connectivity index (χ2n) is 2.62. The molecular weight excluding hydrogens is 212 g/mol. The van der Waals surface area contributed by atoms with Crippen LogP contribution in [0.3, 0.4) is 0 Å². The van der Waals surface area contributed by atoms with Crippen molar-refractivity contribution in [1.29, 1.82) is 10.5 Å². The van der Waals surface area contributed by atoms with Gasteiger partial charge >= 0.3 is 0 Å². The predicted molar refractivity (Wildman–Crippen MR) is 57.4 cm³/mol. The molecule has 0 unspecified atom stereocenters. The molecule has 0 saturated carbocycles. The molecule has 1 aromatic rings. The van der Waals surface area contributed by atoms with E-state index < -0.39 is 0 Å². The summed E-state index contributed by atoms with van der Waals surface area (Å²) >= 11 is 5.73. The summed E-state index contributed by atoms with van der Waals surface area (Å²) in [5.74, 6) is 0.362. The average Bonchev–Trinajstić information content (AvgIpc) is 2.26. The van der Waals surface area contributed by atoms with Crippen LogP contribution in [0.1, 0.15) is 11.1 Å². The first kappa shape index (κ1) is 11.0. The summed E-state index contributed by atoms with van der Waals surface area (Å²) in [5.41, 5.74) is 0.482. The Bertz CT molecular complexity index is 468. The molecule has 0 aromatic carbocycles. The SMILES string of the molecule is C=CCNc1nc(Cl)c(C#N)cc1C#N. The molecule has 0 spiro atoms. The van der Waals surface area contributed by atoms with Gasteiger partial charge in [-0.15, -0.1) is 6.58 Å². The first-order valence-corrected chi connectivity index (χ1v) is 4.46. The van der Waals surface area contributed by atoms with Crippen molar-refractivity contribution in [3.63, 3.8) is 0 Å². The van der Waals surface area contributed by atoms with E-state index in [2.05, 4.69) is 16.9 Å². The fraction of sp³-hybridized carbons (Fsp3) is 0.100. The van der Waals surface area contributed by atoms with E-state index in [0.29, 0.717) is 12.4 Å². The van der Waals surface area contributed by atoms with Crippen LogP contribution < -0.4 is 5.32 Å². The van der Waals surface area contributed by atoms with Crippen molar-refractivity contribution in [3.8, 4) is 12.1 Å². The maximum atomic E-state index is 8.82. The Kier molecular flexibility index (Phi) is 3.68. The molecule has 0 aliphatic carbocycles. The molecule has 0 aliphatic heterocycles. The second kappa shape index (κ2) is 4.99. The highest BCUT2D eigenvalue weighted by Gasteiger charge is 2.09. The topological polar surface area (TPSA) is 72.5 Å². The van der Waals surface area contributed by atoms with E-state index in [1.807, 2.05) is 12.1 Å². The predicted octanol–water partition coefficient (Wildman–Crippen LogP) is 2.08. The van der Waals surface area contributed by atoms with Crippen molar-refractivity contribution in [2.75, 3.05) is 11.9 Å². The molecule has 0 fully saturated rings. The van der Waals surface area contributed by atoms with E-state index in [1.54, 1.807) is 6.08 Å². The number of anilines is 1. The average molecular weight is 219 g/mol.